The highest BCUT2D eigenvalue weighted by Crippen LogP contribution is 3.02. The van der Waals surface area contributed by atoms with Crippen molar-refractivity contribution in [3.63, 3.8) is 0 Å². The maximum absolute atomic E-state index is 13.3. The highest BCUT2D eigenvalue weighted by molar-refractivity contribution is 8.45. The number of aryl methyl sites for hydroxylation is 2. The van der Waals surface area contributed by atoms with Gasteiger partial charge in [-0.15, -0.1) is 0 Å². The fourth-order valence-electron chi connectivity index (χ4n) is 3.77. The number of carbonyl (C=O) groups is 1. The van der Waals surface area contributed by atoms with E-state index < -0.39 is 21.0 Å². The van der Waals surface area contributed by atoms with Gasteiger partial charge in [-0.3, -0.25) is 14.5 Å². The van der Waals surface area contributed by atoms with Crippen LogP contribution in [0.2, 0.25) is 0 Å². The van der Waals surface area contributed by atoms with E-state index in [0.717, 1.165) is 29.1 Å². The Morgan fingerprint density at radius 1 is 1.00 bits per heavy atom. The zero-order chi connectivity index (χ0) is 22.8. The Labute approximate surface area is 175 Å². The van der Waals surface area contributed by atoms with E-state index in [1.165, 1.54) is 4.90 Å². The topological polar surface area (TPSA) is 51.0 Å². The van der Waals surface area contributed by atoms with E-state index in [1.54, 1.807) is 10.9 Å². The average Bonchev–Trinajstić information content (AvgIpc) is 3.08. The van der Waals surface area contributed by atoms with E-state index in [2.05, 4.69) is 10.1 Å². The summed E-state index contributed by atoms with van der Waals surface area (Å²) in [5.41, 5.74) is 3.21. The van der Waals surface area contributed by atoms with Crippen LogP contribution in [0.25, 0.3) is 11.1 Å². The third-order valence-corrected chi connectivity index (χ3v) is 6.26. The van der Waals surface area contributed by atoms with E-state index in [4.69, 9.17) is 0 Å². The third kappa shape index (κ3) is 3.89. The summed E-state index contributed by atoms with van der Waals surface area (Å²) in [6.45, 7) is 5.59. The Morgan fingerprint density at radius 2 is 1.58 bits per heavy atom. The molecule has 0 unspecified atom stereocenters. The van der Waals surface area contributed by atoms with Crippen molar-refractivity contribution in [1.82, 2.24) is 14.8 Å². The van der Waals surface area contributed by atoms with Crippen LogP contribution < -0.4 is 4.90 Å². The summed E-state index contributed by atoms with van der Waals surface area (Å²) in [6.07, 6.45) is 1.57. The van der Waals surface area contributed by atoms with Gasteiger partial charge in [0, 0.05) is 29.2 Å². The van der Waals surface area contributed by atoms with Crippen molar-refractivity contribution in [3.05, 3.63) is 59.7 Å². The Hall–Kier alpha value is -2.95. The van der Waals surface area contributed by atoms with Crippen LogP contribution in [0, 0.1) is 13.8 Å². The first-order chi connectivity index (χ1) is 14.1. The van der Waals surface area contributed by atoms with E-state index in [9.17, 15) is 24.2 Å². The summed E-state index contributed by atoms with van der Waals surface area (Å²) in [5, 5.41) is 4.32. The van der Waals surface area contributed by atoms with Crippen LogP contribution >= 0.6 is 10.2 Å². The van der Waals surface area contributed by atoms with Crippen LogP contribution in [-0.4, -0.2) is 27.2 Å². The SMILES string of the molecule is Cc1cc(-c2cnn3c2C(=O)N(c2ccc(S(F)(F)(F)(F)F)cc2)C[C@@H]3C)cc(C)n1. The zero-order valence-corrected chi connectivity index (χ0v) is 17.6. The van der Waals surface area contributed by atoms with Crippen LogP contribution in [0.3, 0.4) is 0 Å². The summed E-state index contributed by atoms with van der Waals surface area (Å²) in [5.74, 6) is -0.474. The van der Waals surface area contributed by atoms with Crippen molar-refractivity contribution in [1.29, 1.82) is 0 Å². The molecule has 3 aromatic rings. The summed E-state index contributed by atoms with van der Waals surface area (Å²) in [7, 11) is -9.78. The molecular weight excluding hydrogens is 439 g/mol. The molecular formula is C20H19F5N4OS. The van der Waals surface area contributed by atoms with Crippen molar-refractivity contribution < 1.29 is 24.2 Å². The van der Waals surface area contributed by atoms with E-state index >= 15 is 0 Å². The lowest BCUT2D eigenvalue weighted by atomic mass is 10.0. The molecule has 0 fully saturated rings. The number of fused-ring (bicyclic) bond motifs is 1. The largest absolute Gasteiger partial charge is 0.310 e. The van der Waals surface area contributed by atoms with Gasteiger partial charge in [-0.05, 0) is 62.7 Å². The number of hydrogen-bond donors (Lipinski definition) is 0. The summed E-state index contributed by atoms with van der Waals surface area (Å²) >= 11 is 0. The lowest BCUT2D eigenvalue weighted by molar-refractivity contribution is 0.0954. The number of anilines is 1. The van der Waals surface area contributed by atoms with Gasteiger partial charge in [-0.2, -0.15) is 5.10 Å². The predicted molar refractivity (Wildman–Crippen MR) is 109 cm³/mol. The molecule has 0 radical (unpaired) electrons. The Bertz CT molecular complexity index is 1190. The second-order valence-electron chi connectivity index (χ2n) is 7.72. The van der Waals surface area contributed by atoms with Crippen molar-refractivity contribution in [3.8, 4) is 11.1 Å². The molecule has 0 saturated heterocycles. The van der Waals surface area contributed by atoms with Crippen molar-refractivity contribution >= 4 is 21.8 Å². The number of halogens is 5. The zero-order valence-electron chi connectivity index (χ0n) is 16.8. The molecule has 0 aliphatic carbocycles. The number of pyridine rings is 1. The molecule has 5 nitrogen and oxygen atoms in total. The minimum atomic E-state index is -9.78. The summed E-state index contributed by atoms with van der Waals surface area (Å²) in [6, 6.07) is 5.76. The van der Waals surface area contributed by atoms with E-state index in [1.807, 2.05) is 32.9 Å². The Balaban J connectivity index is 1.76. The second kappa shape index (κ2) is 6.06. The minimum Gasteiger partial charge on any atom is -0.305 e. The number of aromatic nitrogens is 3. The molecule has 11 heteroatoms. The van der Waals surface area contributed by atoms with Gasteiger partial charge in [-0.1, -0.05) is 19.4 Å². The molecule has 4 rings (SSSR count). The molecule has 1 aliphatic rings. The molecule has 31 heavy (non-hydrogen) atoms. The van der Waals surface area contributed by atoms with Gasteiger partial charge in [0.05, 0.1) is 12.2 Å². The highest BCUT2D eigenvalue weighted by Gasteiger charge is 2.65. The lowest BCUT2D eigenvalue weighted by Crippen LogP contribution is -2.42. The number of nitrogens with zero attached hydrogens (tertiary/aromatic N) is 4. The molecule has 0 N–H and O–H groups in total. The standard InChI is InChI=1S/C20H19F5N4OS/c1-12-8-15(9-13(2)27-12)18-10-26-29-14(3)11-28(20(30)19(18)29)16-4-6-17(7-5-16)31(21,22,23,24)25/h4-10,14H,11H2,1-3H3/t14-/m0/s1. The molecule has 1 amide bonds. The van der Waals surface area contributed by atoms with Gasteiger partial charge >= 0.3 is 10.2 Å². The second-order valence-corrected chi connectivity index (χ2v) is 10.1. The maximum atomic E-state index is 13.3. The Morgan fingerprint density at radius 3 is 2.13 bits per heavy atom. The normalized spacial score (nSPS) is 19.0. The molecule has 2 aromatic heterocycles. The van der Waals surface area contributed by atoms with Crippen molar-refractivity contribution in [2.45, 2.75) is 31.7 Å². The first-order valence-corrected chi connectivity index (χ1v) is 11.3. The number of benzene rings is 1. The quantitative estimate of drug-likeness (QED) is 0.425. The molecule has 1 aliphatic heterocycles. The van der Waals surface area contributed by atoms with Gasteiger partial charge in [0.2, 0.25) is 0 Å². The molecule has 1 atom stereocenters. The summed E-state index contributed by atoms with van der Waals surface area (Å²) < 4.78 is 66.7. The van der Waals surface area contributed by atoms with Crippen LogP contribution in [0.1, 0.15) is 34.8 Å². The number of rotatable bonds is 3. The molecule has 1 aromatic carbocycles. The molecule has 166 valence electrons. The highest BCUT2D eigenvalue weighted by atomic mass is 32.5. The van der Waals surface area contributed by atoms with Crippen LogP contribution in [0.4, 0.5) is 25.1 Å². The lowest BCUT2D eigenvalue weighted by Gasteiger charge is -2.40. The number of hydrogen-bond acceptors (Lipinski definition) is 3. The van der Waals surface area contributed by atoms with Crippen LogP contribution in [0.15, 0.2) is 47.5 Å². The van der Waals surface area contributed by atoms with Gasteiger partial charge in [0.1, 0.15) is 10.6 Å². The molecule has 3 heterocycles. The number of amides is 1. The monoisotopic (exact) mass is 458 g/mol. The van der Waals surface area contributed by atoms with Gasteiger partial charge in [0.15, 0.2) is 0 Å². The molecule has 0 saturated carbocycles. The summed E-state index contributed by atoms with van der Waals surface area (Å²) in [4.78, 5) is 16.9. The van der Waals surface area contributed by atoms with Crippen LogP contribution in [0.5, 0.6) is 0 Å². The first kappa shape index (κ1) is 21.3. The fourth-order valence-corrected chi connectivity index (χ4v) is 4.42. The number of carbonyl (C=O) groups excluding carboxylic acids is 1. The van der Waals surface area contributed by atoms with E-state index in [0.29, 0.717) is 17.7 Å². The minimum absolute atomic E-state index is 0.0999. The average molecular weight is 458 g/mol. The van der Waals surface area contributed by atoms with Crippen molar-refractivity contribution in [2.75, 3.05) is 11.4 Å². The maximum Gasteiger partial charge on any atom is 0.310 e. The first-order valence-electron chi connectivity index (χ1n) is 9.33. The van der Waals surface area contributed by atoms with Gasteiger partial charge < -0.3 is 4.90 Å². The van der Waals surface area contributed by atoms with E-state index in [-0.39, 0.29) is 24.0 Å². The smallest absolute Gasteiger partial charge is 0.305 e. The van der Waals surface area contributed by atoms with Gasteiger partial charge in [-0.25, -0.2) is 0 Å². The predicted octanol–water partition coefficient (Wildman–Crippen LogP) is 6.44. The molecule has 0 bridgehead atoms. The Kier molecular flexibility index (Phi) is 4.16. The van der Waals surface area contributed by atoms with Gasteiger partial charge in [0.25, 0.3) is 5.91 Å². The van der Waals surface area contributed by atoms with Crippen molar-refractivity contribution in [2.24, 2.45) is 0 Å². The third-order valence-electron chi connectivity index (χ3n) is 5.09. The van der Waals surface area contributed by atoms with Crippen LogP contribution in [-0.2, 0) is 0 Å². The fraction of sp³-hybridized carbons (Fsp3) is 0.250. The molecule has 0 spiro atoms.